The van der Waals surface area contributed by atoms with Crippen LogP contribution in [-0.4, -0.2) is 29.8 Å². The highest BCUT2D eigenvalue weighted by Crippen LogP contribution is 2.24. The smallest absolute Gasteiger partial charge is 0.229 e. The van der Waals surface area contributed by atoms with Crippen molar-refractivity contribution in [2.24, 2.45) is 11.3 Å². The zero-order valence-corrected chi connectivity index (χ0v) is 14.9. The fourth-order valence-electron chi connectivity index (χ4n) is 3.14. The summed E-state index contributed by atoms with van der Waals surface area (Å²) in [5, 5.41) is 3.01. The predicted octanol–water partition coefficient (Wildman–Crippen LogP) is 3.53. The van der Waals surface area contributed by atoms with E-state index in [1.165, 1.54) is 0 Å². The number of piperidine rings is 1. The molecular weight excluding hydrogens is 288 g/mol. The van der Waals surface area contributed by atoms with Crippen molar-refractivity contribution in [3.05, 3.63) is 29.3 Å². The first kappa shape index (κ1) is 17.5. The lowest BCUT2D eigenvalue weighted by atomic mass is 9.91. The summed E-state index contributed by atoms with van der Waals surface area (Å²) < 4.78 is 0. The van der Waals surface area contributed by atoms with Crippen LogP contribution in [0, 0.1) is 25.2 Å². The molecule has 0 unspecified atom stereocenters. The maximum atomic E-state index is 12.6. The van der Waals surface area contributed by atoms with Crippen molar-refractivity contribution in [3.8, 4) is 0 Å². The number of hydrogen-bond donors (Lipinski definition) is 1. The van der Waals surface area contributed by atoms with E-state index >= 15 is 0 Å². The molecule has 0 aliphatic carbocycles. The lowest BCUT2D eigenvalue weighted by Gasteiger charge is -2.35. The second-order valence-electron chi connectivity index (χ2n) is 7.71. The summed E-state index contributed by atoms with van der Waals surface area (Å²) in [6.07, 6.45) is 1.72. The molecule has 1 atom stereocenters. The van der Waals surface area contributed by atoms with Crippen molar-refractivity contribution in [2.75, 3.05) is 18.4 Å². The second kappa shape index (κ2) is 6.73. The molecule has 1 aromatic rings. The van der Waals surface area contributed by atoms with Crippen LogP contribution in [0.5, 0.6) is 0 Å². The lowest BCUT2D eigenvalue weighted by Crippen LogP contribution is -2.47. The Morgan fingerprint density at radius 3 is 2.30 bits per heavy atom. The van der Waals surface area contributed by atoms with Gasteiger partial charge in [-0.05, 0) is 49.9 Å². The van der Waals surface area contributed by atoms with Crippen LogP contribution in [-0.2, 0) is 9.59 Å². The maximum Gasteiger partial charge on any atom is 0.229 e. The minimum absolute atomic E-state index is 0.0152. The van der Waals surface area contributed by atoms with Gasteiger partial charge in [-0.1, -0.05) is 26.8 Å². The number of nitrogens with one attached hydrogen (secondary N) is 1. The van der Waals surface area contributed by atoms with Crippen molar-refractivity contribution in [3.63, 3.8) is 0 Å². The molecule has 126 valence electrons. The molecule has 1 aliphatic rings. The van der Waals surface area contributed by atoms with Gasteiger partial charge in [0.05, 0.1) is 5.92 Å². The number of rotatable bonds is 2. The molecule has 4 nitrogen and oxygen atoms in total. The van der Waals surface area contributed by atoms with Gasteiger partial charge < -0.3 is 10.2 Å². The summed E-state index contributed by atoms with van der Waals surface area (Å²) >= 11 is 0. The normalized spacial score (nSPS) is 18.7. The number of anilines is 1. The molecule has 0 spiro atoms. The quantitative estimate of drug-likeness (QED) is 0.907. The van der Waals surface area contributed by atoms with Gasteiger partial charge in [-0.2, -0.15) is 0 Å². The lowest BCUT2D eigenvalue weighted by molar-refractivity contribution is -0.142. The minimum atomic E-state index is -0.397. The van der Waals surface area contributed by atoms with Crippen molar-refractivity contribution in [2.45, 2.75) is 47.5 Å². The third kappa shape index (κ3) is 4.57. The maximum absolute atomic E-state index is 12.6. The highest BCUT2D eigenvalue weighted by Gasteiger charge is 2.33. The molecule has 1 saturated heterocycles. The van der Waals surface area contributed by atoms with E-state index in [-0.39, 0.29) is 17.7 Å². The Morgan fingerprint density at radius 1 is 1.13 bits per heavy atom. The molecule has 1 fully saturated rings. The van der Waals surface area contributed by atoms with Gasteiger partial charge in [0.2, 0.25) is 11.8 Å². The fraction of sp³-hybridized carbons (Fsp3) is 0.579. The highest BCUT2D eigenvalue weighted by atomic mass is 16.2. The van der Waals surface area contributed by atoms with Crippen molar-refractivity contribution in [1.29, 1.82) is 0 Å². The van der Waals surface area contributed by atoms with E-state index in [2.05, 4.69) is 11.4 Å². The summed E-state index contributed by atoms with van der Waals surface area (Å²) in [6, 6.07) is 6.04. The average Bonchev–Trinajstić information content (AvgIpc) is 2.44. The van der Waals surface area contributed by atoms with Crippen molar-refractivity contribution in [1.82, 2.24) is 4.90 Å². The van der Waals surface area contributed by atoms with Crippen LogP contribution in [0.15, 0.2) is 18.2 Å². The van der Waals surface area contributed by atoms with Gasteiger partial charge in [-0.3, -0.25) is 9.59 Å². The van der Waals surface area contributed by atoms with Crippen LogP contribution in [0.2, 0.25) is 0 Å². The number of aryl methyl sites for hydroxylation is 2. The van der Waals surface area contributed by atoms with Crippen LogP contribution in [0.25, 0.3) is 0 Å². The van der Waals surface area contributed by atoms with Gasteiger partial charge in [0.15, 0.2) is 0 Å². The average molecular weight is 316 g/mol. The van der Waals surface area contributed by atoms with Crippen LogP contribution in [0.1, 0.15) is 44.7 Å². The van der Waals surface area contributed by atoms with E-state index in [9.17, 15) is 9.59 Å². The van der Waals surface area contributed by atoms with Gasteiger partial charge in [-0.25, -0.2) is 0 Å². The Balaban J connectivity index is 2.03. The summed E-state index contributed by atoms with van der Waals surface area (Å²) in [5.41, 5.74) is 2.71. The first-order valence-corrected chi connectivity index (χ1v) is 8.35. The van der Waals surface area contributed by atoms with Crippen molar-refractivity contribution >= 4 is 17.5 Å². The molecule has 4 heteroatoms. The molecule has 23 heavy (non-hydrogen) atoms. The van der Waals surface area contributed by atoms with E-state index in [1.54, 1.807) is 0 Å². The van der Waals surface area contributed by atoms with E-state index in [4.69, 9.17) is 0 Å². The summed E-state index contributed by atoms with van der Waals surface area (Å²) in [4.78, 5) is 26.8. The van der Waals surface area contributed by atoms with Crippen LogP contribution in [0.4, 0.5) is 5.69 Å². The topological polar surface area (TPSA) is 49.4 Å². The number of carbonyl (C=O) groups is 2. The predicted molar refractivity (Wildman–Crippen MR) is 93.3 cm³/mol. The molecule has 0 saturated carbocycles. The SMILES string of the molecule is Cc1cc(C)cc(NC(=O)[C@@H]2CCCN(C(=O)C(C)(C)C)C2)c1. The number of amides is 2. The van der Waals surface area contributed by atoms with E-state index in [0.717, 1.165) is 36.2 Å². The van der Waals surface area contributed by atoms with Crippen LogP contribution >= 0.6 is 0 Å². The zero-order chi connectivity index (χ0) is 17.2. The van der Waals surface area contributed by atoms with Crippen molar-refractivity contribution < 1.29 is 9.59 Å². The Labute approximate surface area is 139 Å². The Hall–Kier alpha value is -1.84. The number of carbonyl (C=O) groups excluding carboxylic acids is 2. The number of hydrogen-bond acceptors (Lipinski definition) is 2. The molecule has 1 N–H and O–H groups in total. The van der Waals surface area contributed by atoms with Gasteiger partial charge in [0.25, 0.3) is 0 Å². The van der Waals surface area contributed by atoms with Crippen LogP contribution in [0.3, 0.4) is 0 Å². The standard InChI is InChI=1S/C19H28N2O2/c1-13-9-14(2)11-16(10-13)20-17(22)15-7-6-8-21(12-15)18(23)19(3,4)5/h9-11,15H,6-8,12H2,1-5H3,(H,20,22)/t15-/m1/s1. The molecule has 0 bridgehead atoms. The Kier molecular flexibility index (Phi) is 5.12. The molecular formula is C19H28N2O2. The van der Waals surface area contributed by atoms with Gasteiger partial charge in [0, 0.05) is 24.2 Å². The fourth-order valence-corrected chi connectivity index (χ4v) is 3.14. The van der Waals surface area contributed by atoms with Crippen LogP contribution < -0.4 is 5.32 Å². The van der Waals surface area contributed by atoms with E-state index in [0.29, 0.717) is 6.54 Å². The summed E-state index contributed by atoms with van der Waals surface area (Å²) in [6.45, 7) is 11.1. The third-order valence-corrected chi connectivity index (χ3v) is 4.21. The third-order valence-electron chi connectivity index (χ3n) is 4.21. The summed E-state index contributed by atoms with van der Waals surface area (Å²) in [7, 11) is 0. The summed E-state index contributed by atoms with van der Waals surface area (Å²) in [5.74, 6) is 0.0127. The minimum Gasteiger partial charge on any atom is -0.341 e. The molecule has 2 amide bonds. The largest absolute Gasteiger partial charge is 0.341 e. The first-order valence-electron chi connectivity index (χ1n) is 8.35. The van der Waals surface area contributed by atoms with E-state index in [1.807, 2.05) is 51.7 Å². The molecule has 1 heterocycles. The van der Waals surface area contributed by atoms with E-state index < -0.39 is 5.41 Å². The number of likely N-dealkylation sites (tertiary alicyclic amines) is 1. The molecule has 2 rings (SSSR count). The highest BCUT2D eigenvalue weighted by molar-refractivity contribution is 5.93. The first-order chi connectivity index (χ1) is 10.7. The second-order valence-corrected chi connectivity index (χ2v) is 7.71. The van der Waals surface area contributed by atoms with Gasteiger partial charge in [-0.15, -0.1) is 0 Å². The number of benzene rings is 1. The zero-order valence-electron chi connectivity index (χ0n) is 14.9. The van der Waals surface area contributed by atoms with Gasteiger partial charge in [0.1, 0.15) is 0 Å². The Morgan fingerprint density at radius 2 is 1.74 bits per heavy atom. The molecule has 0 aromatic heterocycles. The molecule has 1 aromatic carbocycles. The molecule has 0 radical (unpaired) electrons. The van der Waals surface area contributed by atoms with Gasteiger partial charge >= 0.3 is 0 Å². The monoisotopic (exact) mass is 316 g/mol. The number of nitrogens with zero attached hydrogens (tertiary/aromatic N) is 1. The Bertz CT molecular complexity index is 582. The molecule has 1 aliphatic heterocycles.